The number of hydrogen-bond donors (Lipinski definition) is 1. The van der Waals surface area contributed by atoms with Crippen molar-refractivity contribution in [3.05, 3.63) is 84.5 Å². The Morgan fingerprint density at radius 1 is 0.952 bits per heavy atom. The first-order chi connectivity index (χ1) is 20.2. The van der Waals surface area contributed by atoms with Gasteiger partial charge in [-0.2, -0.15) is 0 Å². The molecular weight excluding hydrogens is 534 g/mol. The monoisotopic (exact) mass is 571 g/mol. The summed E-state index contributed by atoms with van der Waals surface area (Å²) in [5.74, 6) is -1.99. The maximum Gasteiger partial charge on any atom is 0.249 e. The molecular formula is C33H37N3O6. The summed E-state index contributed by atoms with van der Waals surface area (Å²) in [6, 6.07) is 15.3. The van der Waals surface area contributed by atoms with Crippen molar-refractivity contribution < 1.29 is 29.0 Å². The van der Waals surface area contributed by atoms with Gasteiger partial charge in [0.25, 0.3) is 0 Å². The molecule has 1 unspecified atom stereocenters. The summed E-state index contributed by atoms with van der Waals surface area (Å²) in [5, 5.41) is 10.2. The van der Waals surface area contributed by atoms with Crippen LogP contribution < -0.4 is 9.64 Å². The van der Waals surface area contributed by atoms with Crippen LogP contribution in [-0.4, -0.2) is 82.2 Å². The summed E-state index contributed by atoms with van der Waals surface area (Å²) in [6.07, 6.45) is 7.46. The van der Waals surface area contributed by atoms with E-state index in [2.05, 4.69) is 0 Å². The quantitative estimate of drug-likeness (QED) is 0.513. The first-order valence-corrected chi connectivity index (χ1v) is 14.6. The molecule has 1 spiro atoms. The number of fused-ring (bicyclic) bond motifs is 2. The van der Waals surface area contributed by atoms with Crippen LogP contribution in [0.1, 0.15) is 26.3 Å². The van der Waals surface area contributed by atoms with E-state index in [-0.39, 0.29) is 24.3 Å². The fourth-order valence-electron chi connectivity index (χ4n) is 7.14. The fraction of sp³-hybridized carbons (Fsp3) is 0.424. The number of hydrogen-bond acceptors (Lipinski definition) is 6. The van der Waals surface area contributed by atoms with E-state index in [4.69, 9.17) is 9.47 Å². The second-order valence-electron chi connectivity index (χ2n) is 11.7. The lowest BCUT2D eigenvalue weighted by atomic mass is 9.74. The number of ether oxygens (including phenoxy) is 2. The van der Waals surface area contributed by atoms with Gasteiger partial charge in [0, 0.05) is 25.3 Å². The third kappa shape index (κ3) is 4.34. The van der Waals surface area contributed by atoms with E-state index in [1.165, 1.54) is 4.90 Å². The van der Waals surface area contributed by atoms with Gasteiger partial charge in [-0.1, -0.05) is 54.6 Å². The lowest BCUT2D eigenvalue weighted by molar-refractivity contribution is -0.154. The zero-order valence-electron chi connectivity index (χ0n) is 24.2. The molecule has 6 rings (SSSR count). The van der Waals surface area contributed by atoms with Gasteiger partial charge in [0.15, 0.2) is 0 Å². The molecule has 4 aliphatic heterocycles. The van der Waals surface area contributed by atoms with Crippen molar-refractivity contribution in [2.24, 2.45) is 11.8 Å². The van der Waals surface area contributed by atoms with Crippen LogP contribution in [0.15, 0.2) is 78.9 Å². The van der Waals surface area contributed by atoms with Crippen molar-refractivity contribution in [1.82, 2.24) is 9.80 Å². The van der Waals surface area contributed by atoms with E-state index in [1.807, 2.05) is 92.7 Å². The van der Waals surface area contributed by atoms with E-state index in [0.717, 1.165) is 5.56 Å². The van der Waals surface area contributed by atoms with E-state index in [0.29, 0.717) is 37.7 Å². The minimum absolute atomic E-state index is 0.245. The van der Waals surface area contributed by atoms with Crippen molar-refractivity contribution in [1.29, 1.82) is 0 Å². The highest BCUT2D eigenvalue weighted by molar-refractivity contribution is 6.04. The molecule has 0 saturated carbocycles. The van der Waals surface area contributed by atoms with Gasteiger partial charge in [0.1, 0.15) is 17.4 Å². The fourth-order valence-corrected chi connectivity index (χ4v) is 7.14. The summed E-state index contributed by atoms with van der Waals surface area (Å²) in [4.78, 5) is 48.1. The number of anilines is 1. The zero-order valence-corrected chi connectivity index (χ0v) is 24.2. The van der Waals surface area contributed by atoms with Crippen LogP contribution in [0, 0.1) is 11.8 Å². The normalized spacial score (nSPS) is 31.0. The Morgan fingerprint density at radius 2 is 1.67 bits per heavy atom. The largest absolute Gasteiger partial charge is 0.494 e. The molecule has 220 valence electrons. The van der Waals surface area contributed by atoms with E-state index in [9.17, 15) is 19.5 Å². The molecule has 0 aromatic heterocycles. The Hall–Kier alpha value is -3.95. The molecule has 4 aliphatic rings. The molecule has 0 aliphatic carbocycles. The molecule has 1 N–H and O–H groups in total. The summed E-state index contributed by atoms with van der Waals surface area (Å²) in [6.45, 7) is 6.68. The Balaban J connectivity index is 1.41. The zero-order chi connectivity index (χ0) is 29.6. The topological polar surface area (TPSA) is 99.6 Å². The molecule has 2 aromatic rings. The van der Waals surface area contributed by atoms with Crippen LogP contribution in [0.2, 0.25) is 0 Å². The number of nitrogens with zero attached hydrogens (tertiary/aromatic N) is 3. The first kappa shape index (κ1) is 28.2. The number of carbonyl (C=O) groups excluding carboxylic acids is 3. The smallest absolute Gasteiger partial charge is 0.249 e. The van der Waals surface area contributed by atoms with E-state index < -0.39 is 35.1 Å². The molecule has 2 saturated heterocycles. The molecule has 3 amide bonds. The number of benzene rings is 2. The second kappa shape index (κ2) is 10.7. The number of aliphatic hydroxyl groups excluding tert-OH is 1. The number of carbonyl (C=O) groups is 3. The highest BCUT2D eigenvalue weighted by Gasteiger charge is 2.75. The lowest BCUT2D eigenvalue weighted by Crippen LogP contribution is -2.58. The molecule has 4 heterocycles. The Kier molecular flexibility index (Phi) is 7.19. The minimum atomic E-state index is -1.37. The highest BCUT2D eigenvalue weighted by atomic mass is 16.5. The van der Waals surface area contributed by atoms with E-state index >= 15 is 0 Å². The standard InChI is InChI=1S/C33H37N3O6/c1-4-41-25-14-12-24(13-15-25)35-19-8-16-32(3)26(29(35)38)27-30(39)36(22(2)21-37)28-31(40)34(18-9-17-33(27,28)42-32)20-23-10-6-5-7-11-23/h5-17,22,26-28,37H,4,18-21H2,1-3H3/t22-,26+,27+,28?,32-,33+/m1/s1. The maximum atomic E-state index is 14.5. The Bertz CT molecular complexity index is 1430. The number of aliphatic hydroxyl groups is 1. The number of amides is 3. The SMILES string of the molecule is CCOc1ccc(N2CC=C[C@@]3(C)O[C@]45C=CCN(Cc6ccccc6)C(=O)C4N([C@H](C)CO)C(=O)[C@@H]5[C@H]3C2=O)cc1. The summed E-state index contributed by atoms with van der Waals surface area (Å²) < 4.78 is 12.4. The maximum absolute atomic E-state index is 14.5. The Morgan fingerprint density at radius 3 is 2.36 bits per heavy atom. The second-order valence-corrected chi connectivity index (χ2v) is 11.7. The van der Waals surface area contributed by atoms with Crippen LogP contribution in [0.25, 0.3) is 0 Å². The van der Waals surface area contributed by atoms with Gasteiger partial charge in [0.05, 0.1) is 36.7 Å². The van der Waals surface area contributed by atoms with Crippen LogP contribution in [0.5, 0.6) is 5.75 Å². The van der Waals surface area contributed by atoms with Crippen molar-refractivity contribution in [3.63, 3.8) is 0 Å². The van der Waals surface area contributed by atoms with Crippen LogP contribution in [0.4, 0.5) is 5.69 Å². The predicted molar refractivity (Wildman–Crippen MR) is 156 cm³/mol. The van der Waals surface area contributed by atoms with Crippen molar-refractivity contribution >= 4 is 23.4 Å². The third-order valence-corrected chi connectivity index (χ3v) is 8.99. The molecule has 6 atom stereocenters. The van der Waals surface area contributed by atoms with Gasteiger partial charge in [-0.05, 0) is 50.6 Å². The minimum Gasteiger partial charge on any atom is -0.494 e. The highest BCUT2D eigenvalue weighted by Crippen LogP contribution is 2.58. The predicted octanol–water partition coefficient (Wildman–Crippen LogP) is 2.94. The first-order valence-electron chi connectivity index (χ1n) is 14.6. The molecule has 9 nitrogen and oxygen atoms in total. The van der Waals surface area contributed by atoms with Gasteiger partial charge in [-0.3, -0.25) is 14.4 Å². The van der Waals surface area contributed by atoms with Crippen molar-refractivity contribution in [2.75, 3.05) is 31.2 Å². The number of rotatable bonds is 7. The van der Waals surface area contributed by atoms with E-state index in [1.54, 1.807) is 16.7 Å². The molecule has 0 radical (unpaired) electrons. The van der Waals surface area contributed by atoms with Crippen LogP contribution >= 0.6 is 0 Å². The molecule has 42 heavy (non-hydrogen) atoms. The molecule has 2 aromatic carbocycles. The molecule has 0 bridgehead atoms. The lowest BCUT2D eigenvalue weighted by Gasteiger charge is -2.39. The van der Waals surface area contributed by atoms with Crippen molar-refractivity contribution in [3.8, 4) is 5.75 Å². The van der Waals surface area contributed by atoms with Crippen LogP contribution in [0.3, 0.4) is 0 Å². The Labute approximate surface area is 246 Å². The molecule has 2 fully saturated rings. The van der Waals surface area contributed by atoms with Crippen molar-refractivity contribution in [2.45, 2.75) is 50.6 Å². The van der Waals surface area contributed by atoms with Gasteiger partial charge < -0.3 is 29.3 Å². The molecule has 9 heteroatoms. The van der Waals surface area contributed by atoms with Gasteiger partial charge in [-0.15, -0.1) is 0 Å². The number of likely N-dealkylation sites (tertiary alicyclic amines) is 1. The average Bonchev–Trinajstić information content (AvgIpc) is 3.27. The van der Waals surface area contributed by atoms with Gasteiger partial charge in [-0.25, -0.2) is 0 Å². The average molecular weight is 572 g/mol. The van der Waals surface area contributed by atoms with Crippen LogP contribution in [-0.2, 0) is 25.7 Å². The van der Waals surface area contributed by atoms with Gasteiger partial charge in [0.2, 0.25) is 17.7 Å². The summed E-state index contributed by atoms with van der Waals surface area (Å²) >= 11 is 0. The summed E-state index contributed by atoms with van der Waals surface area (Å²) in [7, 11) is 0. The summed E-state index contributed by atoms with van der Waals surface area (Å²) in [5.41, 5.74) is -0.845. The third-order valence-electron chi connectivity index (χ3n) is 8.99. The van der Waals surface area contributed by atoms with Gasteiger partial charge >= 0.3 is 0 Å².